The maximum Gasteiger partial charge on any atom is 0.321 e. The molecule has 0 aliphatic heterocycles. The fraction of sp³-hybridized carbons (Fsp3) is 0.200. The van der Waals surface area contributed by atoms with Gasteiger partial charge in [0.15, 0.2) is 0 Å². The molecular weight excluding hydrogens is 504 g/mol. The van der Waals surface area contributed by atoms with Crippen molar-refractivity contribution in [2.75, 3.05) is 18.9 Å². The van der Waals surface area contributed by atoms with Gasteiger partial charge in [-0.2, -0.15) is 4.31 Å². The number of aromatic nitrogens is 2. The summed E-state index contributed by atoms with van der Waals surface area (Å²) in [4.78, 5) is 39.7. The smallest absolute Gasteiger partial charge is 0.321 e. The molecule has 0 aliphatic carbocycles. The molecular formula is C20H19BrN4O6S. The number of hydrogen-bond donors (Lipinski definition) is 1. The van der Waals surface area contributed by atoms with Crippen molar-refractivity contribution in [2.45, 2.75) is 18.4 Å². The Balaban J connectivity index is 1.64. The molecule has 1 aromatic carbocycles. The third kappa shape index (κ3) is 5.58. The van der Waals surface area contributed by atoms with Crippen LogP contribution in [0.2, 0.25) is 0 Å². The molecule has 10 nitrogen and oxygen atoms in total. The number of fused-ring (bicyclic) bond motifs is 1. The highest BCUT2D eigenvalue weighted by Gasteiger charge is 2.23. The Morgan fingerprint density at radius 2 is 1.88 bits per heavy atom. The minimum Gasteiger partial charge on any atom is -0.458 e. The van der Waals surface area contributed by atoms with E-state index in [0.29, 0.717) is 15.8 Å². The number of nitrogens with zero attached hydrogens (tertiary/aromatic N) is 3. The molecule has 1 amide bonds. The molecule has 0 unspecified atom stereocenters. The summed E-state index contributed by atoms with van der Waals surface area (Å²) in [6, 6.07) is 10.1. The van der Waals surface area contributed by atoms with Crippen LogP contribution in [0.5, 0.6) is 0 Å². The molecule has 0 fully saturated rings. The number of carbonyl (C=O) groups is 2. The molecule has 3 rings (SSSR count). The lowest BCUT2D eigenvalue weighted by Gasteiger charge is -2.16. The summed E-state index contributed by atoms with van der Waals surface area (Å²) in [5.41, 5.74) is 0.730. The molecule has 168 valence electrons. The van der Waals surface area contributed by atoms with Crippen molar-refractivity contribution in [2.24, 2.45) is 0 Å². The second-order valence-corrected chi connectivity index (χ2v) is 9.75. The Bertz CT molecular complexity index is 1340. The second kappa shape index (κ2) is 9.59. The number of esters is 1. The second-order valence-electron chi connectivity index (χ2n) is 6.79. The van der Waals surface area contributed by atoms with Crippen LogP contribution in [0.15, 0.2) is 62.8 Å². The summed E-state index contributed by atoms with van der Waals surface area (Å²) in [7, 11) is -2.71. The topological polar surface area (TPSA) is 127 Å². The number of benzene rings is 1. The lowest BCUT2D eigenvalue weighted by Crippen LogP contribution is -2.33. The van der Waals surface area contributed by atoms with Gasteiger partial charge < -0.3 is 10.1 Å². The number of hydrogen-bond acceptors (Lipinski definition) is 7. The molecule has 3 aromatic rings. The molecule has 0 saturated heterocycles. The summed E-state index contributed by atoms with van der Waals surface area (Å²) in [6.07, 6.45) is 1.57. The zero-order valence-electron chi connectivity index (χ0n) is 17.1. The predicted octanol–water partition coefficient (Wildman–Crippen LogP) is 1.78. The van der Waals surface area contributed by atoms with E-state index in [1.807, 2.05) is 0 Å². The van der Waals surface area contributed by atoms with Crippen LogP contribution in [0, 0.1) is 0 Å². The predicted molar refractivity (Wildman–Crippen MR) is 120 cm³/mol. The Morgan fingerprint density at radius 1 is 1.19 bits per heavy atom. The van der Waals surface area contributed by atoms with Gasteiger partial charge in [0.2, 0.25) is 15.9 Å². The number of sulfonamides is 1. The van der Waals surface area contributed by atoms with Crippen molar-refractivity contribution in [1.29, 1.82) is 0 Å². The summed E-state index contributed by atoms with van der Waals surface area (Å²) in [6.45, 7) is 0.530. The van der Waals surface area contributed by atoms with Gasteiger partial charge in [0, 0.05) is 36.4 Å². The first-order chi connectivity index (χ1) is 15.1. The Kier molecular flexibility index (Phi) is 7.06. The van der Waals surface area contributed by atoms with Crippen LogP contribution >= 0.6 is 15.9 Å². The first kappa shape index (κ1) is 23.6. The highest BCUT2D eigenvalue weighted by atomic mass is 79.9. The minimum atomic E-state index is -3.96. The molecule has 0 atom stereocenters. The Labute approximate surface area is 192 Å². The number of carbonyl (C=O) groups excluding carboxylic acids is 2. The van der Waals surface area contributed by atoms with Gasteiger partial charge >= 0.3 is 5.97 Å². The average Bonchev–Trinajstić information content (AvgIpc) is 2.72. The van der Waals surface area contributed by atoms with Gasteiger partial charge in [0.25, 0.3) is 5.56 Å². The highest BCUT2D eigenvalue weighted by molar-refractivity contribution is 9.10. The molecule has 0 spiro atoms. The van der Waals surface area contributed by atoms with Crippen molar-refractivity contribution in [1.82, 2.24) is 13.7 Å². The summed E-state index contributed by atoms with van der Waals surface area (Å²) < 4.78 is 33.3. The molecule has 0 bridgehead atoms. The van der Waals surface area contributed by atoms with E-state index in [9.17, 15) is 22.8 Å². The van der Waals surface area contributed by atoms with Crippen molar-refractivity contribution >= 4 is 49.2 Å². The molecule has 0 aliphatic rings. The van der Waals surface area contributed by atoms with E-state index in [0.717, 1.165) is 4.31 Å². The van der Waals surface area contributed by atoms with Crippen LogP contribution in [0.3, 0.4) is 0 Å². The van der Waals surface area contributed by atoms with Crippen molar-refractivity contribution in [3.63, 3.8) is 0 Å². The van der Waals surface area contributed by atoms with Gasteiger partial charge in [-0.1, -0.05) is 0 Å². The fourth-order valence-corrected chi connectivity index (χ4v) is 4.21. The molecule has 12 heteroatoms. The summed E-state index contributed by atoms with van der Waals surface area (Å²) >= 11 is 3.28. The monoisotopic (exact) mass is 522 g/mol. The van der Waals surface area contributed by atoms with E-state index < -0.39 is 22.5 Å². The number of rotatable bonds is 7. The summed E-state index contributed by atoms with van der Waals surface area (Å²) in [5.74, 6) is -1.08. The average molecular weight is 523 g/mol. The SMILES string of the molecule is CC(=O)Nc1ccc(S(=O)(=O)N(C)CC(=O)OCc2cc(=O)n3cc(Br)ccc3n2)cc1. The molecule has 32 heavy (non-hydrogen) atoms. The number of likely N-dealkylation sites (N-methyl/N-ethyl adjacent to an activating group) is 1. The van der Waals surface area contributed by atoms with E-state index in [1.54, 1.807) is 18.3 Å². The van der Waals surface area contributed by atoms with Gasteiger partial charge in [0.1, 0.15) is 18.8 Å². The first-order valence-electron chi connectivity index (χ1n) is 9.24. The van der Waals surface area contributed by atoms with Crippen LogP contribution in [0.25, 0.3) is 5.65 Å². The number of halogens is 1. The normalized spacial score (nSPS) is 11.5. The van der Waals surface area contributed by atoms with Gasteiger partial charge in [-0.3, -0.25) is 18.8 Å². The quantitative estimate of drug-likeness (QED) is 0.468. The third-order valence-corrected chi connectivity index (χ3v) is 6.58. The summed E-state index contributed by atoms with van der Waals surface area (Å²) in [5, 5.41) is 2.54. The van der Waals surface area contributed by atoms with Crippen LogP contribution in [-0.4, -0.2) is 47.6 Å². The standard InChI is InChI=1S/C20H19BrN4O6S/c1-13(26)22-15-4-6-17(7-5-15)32(29,30)24(2)11-20(28)31-12-16-9-19(27)25-10-14(21)3-8-18(25)23-16/h3-10H,11-12H2,1-2H3,(H,22,26). The maximum atomic E-state index is 12.7. The van der Waals surface area contributed by atoms with Crippen LogP contribution in [-0.2, 0) is 31.0 Å². The Hall–Kier alpha value is -3.09. The number of pyridine rings is 1. The van der Waals surface area contributed by atoms with Gasteiger partial charge in [-0.15, -0.1) is 0 Å². The number of amides is 1. The van der Waals surface area contributed by atoms with E-state index in [-0.39, 0.29) is 28.7 Å². The maximum absolute atomic E-state index is 12.7. The van der Waals surface area contributed by atoms with Crippen LogP contribution in [0.1, 0.15) is 12.6 Å². The van der Waals surface area contributed by atoms with Crippen molar-refractivity contribution < 1.29 is 22.7 Å². The van der Waals surface area contributed by atoms with Gasteiger partial charge in [-0.05, 0) is 52.3 Å². The number of nitrogens with one attached hydrogen (secondary N) is 1. The van der Waals surface area contributed by atoms with E-state index in [4.69, 9.17) is 4.74 Å². The first-order valence-corrected chi connectivity index (χ1v) is 11.5. The zero-order valence-corrected chi connectivity index (χ0v) is 19.5. The number of anilines is 1. The molecule has 0 radical (unpaired) electrons. The molecule has 0 saturated carbocycles. The van der Waals surface area contributed by atoms with Crippen LogP contribution < -0.4 is 10.9 Å². The lowest BCUT2D eigenvalue weighted by atomic mass is 10.3. The fourth-order valence-electron chi connectivity index (χ4n) is 2.76. The van der Waals surface area contributed by atoms with Crippen molar-refractivity contribution in [3.05, 3.63) is 69.2 Å². The number of ether oxygens (including phenoxy) is 1. The Morgan fingerprint density at radius 3 is 2.53 bits per heavy atom. The van der Waals surface area contributed by atoms with E-state index in [2.05, 4.69) is 26.2 Å². The van der Waals surface area contributed by atoms with E-state index >= 15 is 0 Å². The van der Waals surface area contributed by atoms with Crippen LogP contribution in [0.4, 0.5) is 5.69 Å². The van der Waals surface area contributed by atoms with Gasteiger partial charge in [-0.25, -0.2) is 13.4 Å². The molecule has 2 aromatic heterocycles. The third-order valence-electron chi connectivity index (χ3n) is 4.29. The largest absolute Gasteiger partial charge is 0.458 e. The molecule has 1 N–H and O–H groups in total. The highest BCUT2D eigenvalue weighted by Crippen LogP contribution is 2.17. The van der Waals surface area contributed by atoms with Crippen molar-refractivity contribution in [3.8, 4) is 0 Å². The lowest BCUT2D eigenvalue weighted by molar-refractivity contribution is -0.145. The zero-order chi connectivity index (χ0) is 23.5. The van der Waals surface area contributed by atoms with E-state index in [1.165, 1.54) is 48.7 Å². The van der Waals surface area contributed by atoms with Gasteiger partial charge in [0.05, 0.1) is 10.6 Å². The minimum absolute atomic E-state index is 0.0442. The molecule has 2 heterocycles.